The van der Waals surface area contributed by atoms with E-state index in [1.165, 1.54) is 6.07 Å². The van der Waals surface area contributed by atoms with Crippen molar-refractivity contribution in [2.24, 2.45) is 0 Å². The van der Waals surface area contributed by atoms with Gasteiger partial charge in [-0.2, -0.15) is 0 Å². The van der Waals surface area contributed by atoms with Crippen LogP contribution in [-0.2, 0) is 13.0 Å². The molecule has 3 aromatic rings. The van der Waals surface area contributed by atoms with Crippen LogP contribution in [0, 0.1) is 19.7 Å². The number of nitrogens with zero attached hydrogens (tertiary/aromatic N) is 5. The second-order valence-corrected chi connectivity index (χ2v) is 7.33. The molecule has 3 aromatic heterocycles. The maximum Gasteiger partial charge on any atom is 0.146 e. The molecule has 6 nitrogen and oxygen atoms in total. The fourth-order valence-corrected chi connectivity index (χ4v) is 3.93. The van der Waals surface area contributed by atoms with Gasteiger partial charge in [0.05, 0.1) is 34.5 Å². The van der Waals surface area contributed by atoms with Gasteiger partial charge in [0.1, 0.15) is 11.6 Å². The number of pyridine rings is 1. The van der Waals surface area contributed by atoms with Crippen LogP contribution in [0.5, 0.6) is 0 Å². The molecule has 0 saturated carbocycles. The van der Waals surface area contributed by atoms with E-state index in [-0.39, 0.29) is 5.82 Å². The molecule has 0 amide bonds. The van der Waals surface area contributed by atoms with E-state index in [1.807, 2.05) is 20.0 Å². The fourth-order valence-electron chi connectivity index (χ4n) is 3.93. The smallest absolute Gasteiger partial charge is 0.146 e. The summed E-state index contributed by atoms with van der Waals surface area (Å²) in [7, 11) is 0. The molecular weight excluding hydrogens is 357 g/mol. The van der Waals surface area contributed by atoms with Crippen LogP contribution in [0.1, 0.15) is 42.1 Å². The van der Waals surface area contributed by atoms with Crippen molar-refractivity contribution in [2.75, 3.05) is 6.54 Å². The Hall–Kier alpha value is -2.67. The third kappa shape index (κ3) is 3.94. The van der Waals surface area contributed by atoms with Gasteiger partial charge in [0.15, 0.2) is 0 Å². The van der Waals surface area contributed by atoms with Crippen molar-refractivity contribution in [1.29, 1.82) is 0 Å². The van der Waals surface area contributed by atoms with Crippen molar-refractivity contribution in [1.82, 2.24) is 25.0 Å². The number of hydrogen-bond donors (Lipinski definition) is 0. The molecule has 0 aliphatic carbocycles. The normalized spacial score (nSPS) is 17.3. The molecule has 0 unspecified atom stereocenters. The maximum absolute atomic E-state index is 13.9. The van der Waals surface area contributed by atoms with Gasteiger partial charge in [0.2, 0.25) is 0 Å². The molecule has 0 N–H and O–H groups in total. The Morgan fingerprint density at radius 3 is 2.82 bits per heavy atom. The first-order chi connectivity index (χ1) is 13.6. The largest absolute Gasteiger partial charge is 0.361 e. The van der Waals surface area contributed by atoms with E-state index in [2.05, 4.69) is 25.0 Å². The lowest BCUT2D eigenvalue weighted by Crippen LogP contribution is -2.30. The van der Waals surface area contributed by atoms with Gasteiger partial charge in [-0.05, 0) is 58.2 Å². The van der Waals surface area contributed by atoms with Crippen molar-refractivity contribution in [3.63, 3.8) is 0 Å². The molecule has 28 heavy (non-hydrogen) atoms. The molecule has 0 radical (unpaired) electrons. The lowest BCUT2D eigenvalue weighted by atomic mass is 10.1. The summed E-state index contributed by atoms with van der Waals surface area (Å²) in [5.74, 6) is 0.525. The predicted octanol–water partition coefficient (Wildman–Crippen LogP) is 3.88. The van der Waals surface area contributed by atoms with Crippen LogP contribution < -0.4 is 0 Å². The predicted molar refractivity (Wildman–Crippen MR) is 103 cm³/mol. The van der Waals surface area contributed by atoms with Crippen molar-refractivity contribution >= 4 is 0 Å². The van der Waals surface area contributed by atoms with Gasteiger partial charge in [0, 0.05) is 25.0 Å². The van der Waals surface area contributed by atoms with Crippen LogP contribution in [0.4, 0.5) is 4.39 Å². The zero-order valence-electron chi connectivity index (χ0n) is 16.2. The van der Waals surface area contributed by atoms with E-state index in [1.54, 1.807) is 18.5 Å². The molecular formula is C21H24FN5O. The van der Waals surface area contributed by atoms with Crippen molar-refractivity contribution in [3.8, 4) is 11.3 Å². The first kappa shape index (κ1) is 18.7. The minimum Gasteiger partial charge on any atom is -0.361 e. The topological polar surface area (TPSA) is 67.9 Å². The van der Waals surface area contributed by atoms with Crippen molar-refractivity contribution in [2.45, 2.75) is 52.1 Å². The first-order valence-corrected chi connectivity index (χ1v) is 9.69. The highest BCUT2D eigenvalue weighted by molar-refractivity contribution is 5.62. The van der Waals surface area contributed by atoms with Gasteiger partial charge in [-0.1, -0.05) is 5.16 Å². The SMILES string of the molecule is Cc1noc(C)c1-c1cnc(CC[C@@H]2CCCN2Cc2ncccc2F)cn1. The summed E-state index contributed by atoms with van der Waals surface area (Å²) in [4.78, 5) is 15.7. The van der Waals surface area contributed by atoms with Crippen LogP contribution in [0.2, 0.25) is 0 Å². The molecule has 0 spiro atoms. The number of aryl methyl sites for hydroxylation is 3. The summed E-state index contributed by atoms with van der Waals surface area (Å²) in [6.07, 6.45) is 9.36. The van der Waals surface area contributed by atoms with Crippen LogP contribution >= 0.6 is 0 Å². The van der Waals surface area contributed by atoms with Gasteiger partial charge in [0.25, 0.3) is 0 Å². The standard InChI is InChI=1S/C21H24FN5O/c1-14-21(15(2)28-26-14)19-12-24-16(11-25-19)7-8-17-5-4-10-27(17)13-20-18(22)6-3-9-23-20/h3,6,9,11-12,17H,4-5,7-8,10,13H2,1-2H3/t17-/m0/s1. The number of halogens is 1. The number of hydrogen-bond acceptors (Lipinski definition) is 6. The maximum atomic E-state index is 13.9. The fraction of sp³-hybridized carbons (Fsp3) is 0.429. The molecule has 1 aliphatic rings. The summed E-state index contributed by atoms with van der Waals surface area (Å²) in [6, 6.07) is 3.53. The summed E-state index contributed by atoms with van der Waals surface area (Å²) >= 11 is 0. The molecule has 1 fully saturated rings. The molecule has 0 aromatic carbocycles. The highest BCUT2D eigenvalue weighted by Gasteiger charge is 2.25. The Labute approximate surface area is 163 Å². The lowest BCUT2D eigenvalue weighted by molar-refractivity contribution is 0.228. The Morgan fingerprint density at radius 2 is 2.11 bits per heavy atom. The van der Waals surface area contributed by atoms with Gasteiger partial charge < -0.3 is 4.52 Å². The third-order valence-electron chi connectivity index (χ3n) is 5.42. The van der Waals surface area contributed by atoms with E-state index < -0.39 is 0 Å². The molecule has 0 bridgehead atoms. The van der Waals surface area contributed by atoms with Gasteiger partial charge in [-0.25, -0.2) is 4.39 Å². The summed E-state index contributed by atoms with van der Waals surface area (Å²) in [6.45, 7) is 5.33. The van der Waals surface area contributed by atoms with Crippen molar-refractivity contribution in [3.05, 3.63) is 59.4 Å². The van der Waals surface area contributed by atoms with E-state index in [0.29, 0.717) is 18.3 Å². The van der Waals surface area contributed by atoms with E-state index >= 15 is 0 Å². The minimum absolute atomic E-state index is 0.228. The Balaban J connectivity index is 1.38. The number of rotatable bonds is 6. The van der Waals surface area contributed by atoms with E-state index in [9.17, 15) is 4.39 Å². The highest BCUT2D eigenvalue weighted by Crippen LogP contribution is 2.26. The average molecular weight is 381 g/mol. The van der Waals surface area contributed by atoms with Crippen molar-refractivity contribution < 1.29 is 8.91 Å². The Bertz CT molecular complexity index is 921. The summed E-state index contributed by atoms with van der Waals surface area (Å²) < 4.78 is 19.1. The second kappa shape index (κ2) is 8.14. The van der Waals surface area contributed by atoms with Gasteiger partial charge in [-0.15, -0.1) is 0 Å². The quantitative estimate of drug-likeness (QED) is 0.645. The minimum atomic E-state index is -0.228. The summed E-state index contributed by atoms with van der Waals surface area (Å²) in [5, 5.41) is 3.97. The van der Waals surface area contributed by atoms with Crippen LogP contribution in [0.3, 0.4) is 0 Å². The lowest BCUT2D eigenvalue weighted by Gasteiger charge is -2.24. The molecule has 7 heteroatoms. The zero-order valence-corrected chi connectivity index (χ0v) is 16.2. The monoisotopic (exact) mass is 381 g/mol. The number of aromatic nitrogens is 4. The van der Waals surface area contributed by atoms with E-state index in [0.717, 1.165) is 60.6 Å². The first-order valence-electron chi connectivity index (χ1n) is 9.69. The van der Waals surface area contributed by atoms with E-state index in [4.69, 9.17) is 4.52 Å². The van der Waals surface area contributed by atoms with Crippen LogP contribution in [0.25, 0.3) is 11.3 Å². The number of likely N-dealkylation sites (tertiary alicyclic amines) is 1. The average Bonchev–Trinajstić information content (AvgIpc) is 3.28. The molecule has 4 heterocycles. The second-order valence-electron chi connectivity index (χ2n) is 7.33. The highest BCUT2D eigenvalue weighted by atomic mass is 19.1. The molecule has 1 aliphatic heterocycles. The van der Waals surface area contributed by atoms with Crippen LogP contribution in [-0.4, -0.2) is 37.6 Å². The molecule has 1 atom stereocenters. The molecule has 4 rings (SSSR count). The van der Waals surface area contributed by atoms with Gasteiger partial charge >= 0.3 is 0 Å². The van der Waals surface area contributed by atoms with Gasteiger partial charge in [-0.3, -0.25) is 19.9 Å². The Kier molecular flexibility index (Phi) is 5.43. The molecule has 146 valence electrons. The summed E-state index contributed by atoms with van der Waals surface area (Å²) in [5.41, 5.74) is 4.01. The Morgan fingerprint density at radius 1 is 1.21 bits per heavy atom. The zero-order chi connectivity index (χ0) is 19.5. The third-order valence-corrected chi connectivity index (χ3v) is 5.42. The van der Waals surface area contributed by atoms with Crippen LogP contribution in [0.15, 0.2) is 35.2 Å². The molecule has 1 saturated heterocycles.